The van der Waals surface area contributed by atoms with Crippen LogP contribution in [0.1, 0.15) is 24.3 Å². The molecule has 0 saturated carbocycles. The largest absolute Gasteiger partial charge is 0.481 e. The van der Waals surface area contributed by atoms with Gasteiger partial charge in [-0.25, -0.2) is 8.78 Å². The van der Waals surface area contributed by atoms with Gasteiger partial charge in [-0.3, -0.25) is 4.79 Å². The van der Waals surface area contributed by atoms with E-state index in [0.29, 0.717) is 5.69 Å². The molecule has 0 spiro atoms. The number of hydrogen-bond donors (Lipinski definition) is 2. The number of carboxylic acid groups (broad SMARTS) is 1. The van der Waals surface area contributed by atoms with Gasteiger partial charge in [-0.2, -0.15) is 0 Å². The molecule has 0 amide bonds. The van der Waals surface area contributed by atoms with Crippen LogP contribution in [-0.4, -0.2) is 30.7 Å². The van der Waals surface area contributed by atoms with E-state index in [1.54, 1.807) is 0 Å². The molecule has 1 aliphatic heterocycles. The van der Waals surface area contributed by atoms with Crippen molar-refractivity contribution in [2.45, 2.75) is 18.8 Å². The second-order valence-electron chi connectivity index (χ2n) is 4.65. The Morgan fingerprint density at radius 1 is 1.32 bits per heavy atom. The summed E-state index contributed by atoms with van der Waals surface area (Å²) in [6.45, 7) is 1.28. The van der Waals surface area contributed by atoms with Crippen LogP contribution in [0, 0.1) is 11.6 Å². The number of nitrogens with zero attached hydrogens (tertiary/aromatic N) is 1. The lowest BCUT2D eigenvalue weighted by Crippen LogP contribution is -2.26. The molecule has 1 unspecified atom stereocenters. The molecule has 0 bridgehead atoms. The van der Waals surface area contributed by atoms with Crippen LogP contribution in [0.15, 0.2) is 12.1 Å². The number of aliphatic carboxylic acids is 1. The summed E-state index contributed by atoms with van der Waals surface area (Å²) in [6, 6.07) is 2.02. The summed E-state index contributed by atoms with van der Waals surface area (Å²) in [5.74, 6) is -4.16. The molecule has 0 aromatic heterocycles. The van der Waals surface area contributed by atoms with Crippen LogP contribution < -0.4 is 10.6 Å². The van der Waals surface area contributed by atoms with Crippen LogP contribution in [0.5, 0.6) is 0 Å². The lowest BCUT2D eigenvalue weighted by Gasteiger charge is -2.24. The monoisotopic (exact) mass is 270 g/mol. The van der Waals surface area contributed by atoms with Crippen LogP contribution >= 0.6 is 0 Å². The second-order valence-corrected chi connectivity index (χ2v) is 4.65. The van der Waals surface area contributed by atoms with Gasteiger partial charge in [0.15, 0.2) is 11.6 Å². The Kier molecular flexibility index (Phi) is 3.99. The molecule has 0 radical (unpaired) electrons. The molecule has 1 heterocycles. The van der Waals surface area contributed by atoms with Gasteiger partial charge in [0.1, 0.15) is 0 Å². The van der Waals surface area contributed by atoms with Crippen LogP contribution in [-0.2, 0) is 4.79 Å². The third-order valence-electron chi connectivity index (χ3n) is 3.43. The zero-order valence-corrected chi connectivity index (χ0v) is 10.4. The Bertz CT molecular complexity index is 488. The minimum Gasteiger partial charge on any atom is -0.481 e. The Morgan fingerprint density at radius 2 is 1.89 bits per heavy atom. The Hall–Kier alpha value is -1.69. The van der Waals surface area contributed by atoms with Gasteiger partial charge in [0.05, 0.1) is 5.92 Å². The highest BCUT2D eigenvalue weighted by Crippen LogP contribution is 2.32. The summed E-state index contributed by atoms with van der Waals surface area (Å²) in [7, 11) is 0. The van der Waals surface area contributed by atoms with Crippen molar-refractivity contribution in [3.8, 4) is 0 Å². The molecule has 1 fully saturated rings. The van der Waals surface area contributed by atoms with Crippen molar-refractivity contribution < 1.29 is 18.7 Å². The van der Waals surface area contributed by atoms with E-state index in [1.165, 1.54) is 0 Å². The van der Waals surface area contributed by atoms with Gasteiger partial charge in [-0.05, 0) is 24.5 Å². The maximum absolute atomic E-state index is 13.4. The van der Waals surface area contributed by atoms with Crippen LogP contribution in [0.25, 0.3) is 0 Å². The summed E-state index contributed by atoms with van der Waals surface area (Å²) in [6.07, 6.45) is 1.91. The fourth-order valence-corrected chi connectivity index (χ4v) is 2.42. The lowest BCUT2D eigenvalue weighted by molar-refractivity contribution is -0.138. The third-order valence-corrected chi connectivity index (χ3v) is 3.43. The molecule has 4 nitrogen and oxygen atoms in total. The lowest BCUT2D eigenvalue weighted by atomic mass is 9.96. The number of hydrogen-bond acceptors (Lipinski definition) is 3. The zero-order valence-electron chi connectivity index (χ0n) is 10.4. The molecule has 1 saturated heterocycles. The SMILES string of the molecule is NCC(C(=O)O)c1cc(F)c(F)cc1N1CCCC1. The summed E-state index contributed by atoms with van der Waals surface area (Å²) < 4.78 is 26.8. The summed E-state index contributed by atoms with van der Waals surface area (Å²) in [4.78, 5) is 13.1. The molecule has 3 N–H and O–H groups in total. The molecule has 1 aromatic rings. The molecule has 104 valence electrons. The normalized spacial score (nSPS) is 16.7. The molecular formula is C13H16F2N2O2. The molecule has 1 aromatic carbocycles. The predicted octanol–water partition coefficient (Wildman–Crippen LogP) is 1.69. The van der Waals surface area contributed by atoms with E-state index in [4.69, 9.17) is 10.8 Å². The van der Waals surface area contributed by atoms with Gasteiger partial charge in [-0.15, -0.1) is 0 Å². The van der Waals surface area contributed by atoms with Gasteiger partial charge >= 0.3 is 5.97 Å². The molecule has 6 heteroatoms. The minimum atomic E-state index is -1.13. The predicted molar refractivity (Wildman–Crippen MR) is 67.2 cm³/mol. The third kappa shape index (κ3) is 2.68. The second kappa shape index (κ2) is 5.52. The minimum absolute atomic E-state index is 0.152. The van der Waals surface area contributed by atoms with Crippen molar-refractivity contribution in [1.29, 1.82) is 0 Å². The number of carbonyl (C=O) groups is 1. The summed E-state index contributed by atoms with van der Waals surface area (Å²) >= 11 is 0. The van der Waals surface area contributed by atoms with E-state index < -0.39 is 23.5 Å². The molecular weight excluding hydrogens is 254 g/mol. The van der Waals surface area contributed by atoms with Crippen LogP contribution in [0.4, 0.5) is 14.5 Å². The number of rotatable bonds is 4. The number of anilines is 1. The maximum Gasteiger partial charge on any atom is 0.312 e. The summed E-state index contributed by atoms with van der Waals surface area (Å²) in [5.41, 5.74) is 6.13. The average molecular weight is 270 g/mol. The molecule has 1 aliphatic rings. The first-order valence-electron chi connectivity index (χ1n) is 6.21. The van der Waals surface area contributed by atoms with Gasteiger partial charge in [0.2, 0.25) is 0 Å². The number of benzene rings is 1. The standard InChI is InChI=1S/C13H16F2N2O2/c14-10-5-8(9(7-16)13(18)19)12(6-11(10)15)17-3-1-2-4-17/h5-6,9H,1-4,7,16H2,(H,18,19). The van der Waals surface area contributed by atoms with Crippen molar-refractivity contribution in [2.75, 3.05) is 24.5 Å². The van der Waals surface area contributed by atoms with E-state index in [2.05, 4.69) is 0 Å². The first-order valence-corrected chi connectivity index (χ1v) is 6.21. The first kappa shape index (κ1) is 13.7. The highest BCUT2D eigenvalue weighted by atomic mass is 19.2. The number of halogens is 2. The van der Waals surface area contributed by atoms with Crippen molar-refractivity contribution in [2.24, 2.45) is 5.73 Å². The van der Waals surface area contributed by atoms with Gasteiger partial charge in [-0.1, -0.05) is 0 Å². The molecule has 2 rings (SSSR count). The fourth-order valence-electron chi connectivity index (χ4n) is 2.42. The quantitative estimate of drug-likeness (QED) is 0.873. The van der Waals surface area contributed by atoms with E-state index in [0.717, 1.165) is 38.1 Å². The summed E-state index contributed by atoms with van der Waals surface area (Å²) in [5, 5.41) is 9.14. The average Bonchev–Trinajstić information content (AvgIpc) is 2.87. The molecule has 0 aliphatic carbocycles. The van der Waals surface area contributed by atoms with E-state index in [9.17, 15) is 13.6 Å². The Balaban J connectivity index is 2.49. The topological polar surface area (TPSA) is 66.6 Å². The first-order chi connectivity index (χ1) is 9.04. The number of nitrogens with two attached hydrogens (primary N) is 1. The van der Waals surface area contributed by atoms with E-state index in [-0.39, 0.29) is 12.1 Å². The van der Waals surface area contributed by atoms with Crippen molar-refractivity contribution in [3.63, 3.8) is 0 Å². The van der Waals surface area contributed by atoms with Crippen molar-refractivity contribution >= 4 is 11.7 Å². The van der Waals surface area contributed by atoms with Gasteiger partial charge in [0, 0.05) is 31.4 Å². The highest BCUT2D eigenvalue weighted by molar-refractivity contribution is 5.79. The molecule has 1 atom stereocenters. The van der Waals surface area contributed by atoms with Gasteiger partial charge in [0.25, 0.3) is 0 Å². The van der Waals surface area contributed by atoms with E-state index >= 15 is 0 Å². The van der Waals surface area contributed by atoms with Crippen LogP contribution in [0.2, 0.25) is 0 Å². The smallest absolute Gasteiger partial charge is 0.312 e. The highest BCUT2D eigenvalue weighted by Gasteiger charge is 2.26. The molecule has 19 heavy (non-hydrogen) atoms. The fraction of sp³-hybridized carbons (Fsp3) is 0.462. The van der Waals surface area contributed by atoms with Gasteiger partial charge < -0.3 is 15.7 Å². The number of carboxylic acids is 1. The zero-order chi connectivity index (χ0) is 14.0. The van der Waals surface area contributed by atoms with E-state index in [1.807, 2.05) is 4.90 Å². The Labute approximate surface area is 109 Å². The Morgan fingerprint density at radius 3 is 2.42 bits per heavy atom. The van der Waals surface area contributed by atoms with Crippen molar-refractivity contribution in [1.82, 2.24) is 0 Å². The maximum atomic E-state index is 13.4. The van der Waals surface area contributed by atoms with Crippen molar-refractivity contribution in [3.05, 3.63) is 29.3 Å². The van der Waals surface area contributed by atoms with Crippen LogP contribution in [0.3, 0.4) is 0 Å².